The maximum absolute atomic E-state index is 6.34. The number of rotatable bonds is 8. The highest BCUT2D eigenvalue weighted by molar-refractivity contribution is 6.74. The lowest BCUT2D eigenvalue weighted by Crippen LogP contribution is -2.40. The molecule has 1 unspecified atom stereocenters. The fourth-order valence-electron chi connectivity index (χ4n) is 3.44. The first kappa shape index (κ1) is 22.0. The molecule has 0 saturated carbocycles. The van der Waals surface area contributed by atoms with Gasteiger partial charge in [0.05, 0.1) is 23.1 Å². The van der Waals surface area contributed by atoms with E-state index < -0.39 is 8.32 Å². The summed E-state index contributed by atoms with van der Waals surface area (Å²) in [7, 11) is -1.65. The Bertz CT molecular complexity index is 971. The molecule has 0 aliphatic carbocycles. The Kier molecular flexibility index (Phi) is 6.49. The van der Waals surface area contributed by atoms with Crippen LogP contribution in [0, 0.1) is 0 Å². The van der Waals surface area contributed by atoms with Gasteiger partial charge in [-0.1, -0.05) is 52.8 Å². The number of benzene rings is 1. The van der Waals surface area contributed by atoms with Gasteiger partial charge >= 0.3 is 0 Å². The van der Waals surface area contributed by atoms with Gasteiger partial charge in [0.2, 0.25) is 0 Å². The molecule has 158 valence electrons. The molecule has 0 aliphatic heterocycles. The number of unbranched alkanes of at least 4 members (excludes halogenated alkanes) is 1. The van der Waals surface area contributed by atoms with Crippen LogP contribution in [0.3, 0.4) is 0 Å². The standard InChI is InChI=1S/C24H37N3OSi/c1-8-18(2)21-22-23(19-13-9-10-14-20(19)26-21)27(17-25-22)15-11-12-16-28-29(6,7)24(3,4)5/h9-10,13-14,17-18H,8,11-12,15-16H2,1-7H3. The molecule has 2 aromatic heterocycles. The van der Waals surface area contributed by atoms with Crippen molar-refractivity contribution in [3.63, 3.8) is 0 Å². The van der Waals surface area contributed by atoms with E-state index in [-0.39, 0.29) is 5.04 Å². The average molecular weight is 412 g/mol. The second-order valence-corrected chi connectivity index (χ2v) is 14.6. The summed E-state index contributed by atoms with van der Waals surface area (Å²) in [4.78, 5) is 9.74. The molecule has 0 N–H and O–H groups in total. The topological polar surface area (TPSA) is 39.9 Å². The lowest BCUT2D eigenvalue weighted by Gasteiger charge is -2.36. The van der Waals surface area contributed by atoms with Crippen molar-refractivity contribution in [2.24, 2.45) is 0 Å². The molecule has 29 heavy (non-hydrogen) atoms. The van der Waals surface area contributed by atoms with Crippen LogP contribution in [0.15, 0.2) is 30.6 Å². The number of para-hydroxylation sites is 1. The predicted octanol–water partition coefficient (Wildman–Crippen LogP) is 6.90. The molecule has 0 aliphatic rings. The summed E-state index contributed by atoms with van der Waals surface area (Å²) in [5.41, 5.74) is 4.49. The molecule has 4 nitrogen and oxygen atoms in total. The third-order valence-corrected chi connectivity index (χ3v) is 11.2. The summed E-state index contributed by atoms with van der Waals surface area (Å²) >= 11 is 0. The third-order valence-electron chi connectivity index (χ3n) is 6.62. The molecule has 2 heterocycles. The molecule has 1 aromatic carbocycles. The van der Waals surface area contributed by atoms with Crippen LogP contribution >= 0.6 is 0 Å². The van der Waals surface area contributed by atoms with E-state index in [4.69, 9.17) is 14.4 Å². The zero-order valence-corrected chi connectivity index (χ0v) is 20.2. The first-order valence-corrected chi connectivity index (χ1v) is 13.9. The highest BCUT2D eigenvalue weighted by Gasteiger charge is 2.36. The van der Waals surface area contributed by atoms with Crippen molar-refractivity contribution in [2.75, 3.05) is 6.61 Å². The molecular formula is C24H37N3OSi. The molecule has 0 spiro atoms. The number of aromatic nitrogens is 3. The van der Waals surface area contributed by atoms with Gasteiger partial charge in [-0.2, -0.15) is 0 Å². The maximum Gasteiger partial charge on any atom is 0.191 e. The van der Waals surface area contributed by atoms with Gasteiger partial charge in [0.25, 0.3) is 0 Å². The van der Waals surface area contributed by atoms with E-state index in [1.165, 1.54) is 10.9 Å². The van der Waals surface area contributed by atoms with Crippen LogP contribution in [0.2, 0.25) is 18.1 Å². The highest BCUT2D eigenvalue weighted by atomic mass is 28.4. The quantitative estimate of drug-likeness (QED) is 0.299. The fraction of sp³-hybridized carbons (Fsp3) is 0.583. The summed E-state index contributed by atoms with van der Waals surface area (Å²) in [6.07, 6.45) is 5.24. The number of nitrogens with zero attached hydrogens (tertiary/aromatic N) is 3. The molecule has 5 heteroatoms. The van der Waals surface area contributed by atoms with E-state index in [1.807, 2.05) is 6.33 Å². The van der Waals surface area contributed by atoms with Gasteiger partial charge in [0.1, 0.15) is 5.52 Å². The lowest BCUT2D eigenvalue weighted by atomic mass is 10.0. The Hall–Kier alpha value is -1.72. The SMILES string of the molecule is CCC(C)c1nc2ccccc2c2c1ncn2CCCCO[Si](C)(C)C(C)(C)C. The fourth-order valence-corrected chi connectivity index (χ4v) is 4.53. The molecule has 3 aromatic rings. The Balaban J connectivity index is 1.78. The summed E-state index contributed by atoms with van der Waals surface area (Å²) in [6, 6.07) is 8.45. The van der Waals surface area contributed by atoms with Crippen LogP contribution in [0.5, 0.6) is 0 Å². The van der Waals surface area contributed by atoms with Crippen molar-refractivity contribution in [1.29, 1.82) is 0 Å². The van der Waals surface area contributed by atoms with E-state index in [0.717, 1.165) is 49.1 Å². The van der Waals surface area contributed by atoms with Gasteiger partial charge in [0, 0.05) is 24.5 Å². The molecular weight excluding hydrogens is 374 g/mol. The van der Waals surface area contributed by atoms with E-state index in [1.54, 1.807) is 0 Å². The second kappa shape index (κ2) is 8.56. The minimum absolute atomic E-state index is 0.270. The zero-order valence-electron chi connectivity index (χ0n) is 19.2. The van der Waals surface area contributed by atoms with E-state index >= 15 is 0 Å². The average Bonchev–Trinajstić information content (AvgIpc) is 3.10. The lowest BCUT2D eigenvalue weighted by molar-refractivity contribution is 0.276. The first-order valence-electron chi connectivity index (χ1n) is 11.0. The van der Waals surface area contributed by atoms with E-state index in [9.17, 15) is 0 Å². The van der Waals surface area contributed by atoms with Crippen LogP contribution in [-0.4, -0.2) is 29.5 Å². The molecule has 0 bridgehead atoms. The van der Waals surface area contributed by atoms with Crippen LogP contribution in [0.1, 0.15) is 65.5 Å². The summed E-state index contributed by atoms with van der Waals surface area (Å²) in [6.45, 7) is 17.8. The van der Waals surface area contributed by atoms with Gasteiger partial charge in [-0.15, -0.1) is 0 Å². The second-order valence-electron chi connectivity index (χ2n) is 9.77. The molecule has 0 fully saturated rings. The normalized spacial score (nSPS) is 14.0. The third kappa shape index (κ3) is 4.56. The van der Waals surface area contributed by atoms with Crippen LogP contribution in [0.4, 0.5) is 0 Å². The number of fused-ring (bicyclic) bond motifs is 3. The van der Waals surface area contributed by atoms with Gasteiger partial charge in [0.15, 0.2) is 8.32 Å². The highest BCUT2D eigenvalue weighted by Crippen LogP contribution is 2.36. The Labute approximate surface area is 176 Å². The molecule has 0 saturated heterocycles. The zero-order chi connectivity index (χ0) is 21.2. The predicted molar refractivity (Wildman–Crippen MR) is 126 cm³/mol. The van der Waals surface area contributed by atoms with E-state index in [0.29, 0.717) is 5.92 Å². The molecule has 3 rings (SSSR count). The minimum atomic E-state index is -1.65. The van der Waals surface area contributed by atoms with Crippen molar-refractivity contribution in [3.05, 3.63) is 36.3 Å². The smallest absolute Gasteiger partial charge is 0.191 e. The Morgan fingerprint density at radius 2 is 1.86 bits per heavy atom. The maximum atomic E-state index is 6.34. The minimum Gasteiger partial charge on any atom is -0.417 e. The Morgan fingerprint density at radius 1 is 1.14 bits per heavy atom. The van der Waals surface area contributed by atoms with Gasteiger partial charge in [-0.05, 0) is 43.5 Å². The number of hydrogen-bond donors (Lipinski definition) is 0. The number of aryl methyl sites for hydroxylation is 1. The van der Waals surface area contributed by atoms with Gasteiger partial charge in [-0.25, -0.2) is 4.98 Å². The molecule has 1 atom stereocenters. The van der Waals surface area contributed by atoms with Gasteiger partial charge in [-0.3, -0.25) is 4.98 Å². The van der Waals surface area contributed by atoms with Crippen LogP contribution in [-0.2, 0) is 11.0 Å². The Morgan fingerprint density at radius 3 is 2.55 bits per heavy atom. The summed E-state index contributed by atoms with van der Waals surface area (Å²) in [5.74, 6) is 0.406. The van der Waals surface area contributed by atoms with Crippen molar-refractivity contribution in [1.82, 2.24) is 14.5 Å². The summed E-state index contributed by atoms with van der Waals surface area (Å²) in [5, 5.41) is 1.47. The molecule has 0 radical (unpaired) electrons. The van der Waals surface area contributed by atoms with Crippen molar-refractivity contribution in [3.8, 4) is 0 Å². The van der Waals surface area contributed by atoms with Crippen molar-refractivity contribution < 1.29 is 4.43 Å². The number of imidazole rings is 1. The monoisotopic (exact) mass is 411 g/mol. The van der Waals surface area contributed by atoms with Crippen LogP contribution < -0.4 is 0 Å². The van der Waals surface area contributed by atoms with Gasteiger partial charge < -0.3 is 8.99 Å². The van der Waals surface area contributed by atoms with Crippen molar-refractivity contribution in [2.45, 2.75) is 84.5 Å². The molecule has 0 amide bonds. The van der Waals surface area contributed by atoms with E-state index in [2.05, 4.69) is 76.5 Å². The number of hydrogen-bond acceptors (Lipinski definition) is 3. The largest absolute Gasteiger partial charge is 0.417 e. The first-order chi connectivity index (χ1) is 13.7. The van der Waals surface area contributed by atoms with Crippen LogP contribution in [0.25, 0.3) is 21.9 Å². The number of pyridine rings is 1. The summed E-state index contributed by atoms with van der Waals surface area (Å²) < 4.78 is 8.66. The van der Waals surface area contributed by atoms with Crippen molar-refractivity contribution >= 4 is 30.3 Å².